The van der Waals surface area contributed by atoms with Crippen LogP contribution in [0.5, 0.6) is 0 Å². The Balaban J connectivity index is 1.80. The zero-order valence-electron chi connectivity index (χ0n) is 12.4. The number of hydrogen-bond acceptors (Lipinski definition) is 2. The van der Waals surface area contributed by atoms with E-state index in [4.69, 9.17) is 11.6 Å². The first-order valence-electron chi connectivity index (χ1n) is 7.54. The minimum absolute atomic E-state index is 0.0737. The fourth-order valence-electron chi connectivity index (χ4n) is 3.98. The first kappa shape index (κ1) is 16.6. The lowest BCUT2D eigenvalue weighted by molar-refractivity contribution is -0.149. The van der Waals surface area contributed by atoms with E-state index in [2.05, 4.69) is 0 Å². The Kier molecular flexibility index (Phi) is 4.09. The third-order valence-electron chi connectivity index (χ3n) is 5.13. The summed E-state index contributed by atoms with van der Waals surface area (Å²) in [5.41, 5.74) is -1.08. The van der Waals surface area contributed by atoms with Crippen molar-refractivity contribution in [3.05, 3.63) is 34.3 Å². The van der Waals surface area contributed by atoms with Crippen LogP contribution >= 0.6 is 11.6 Å². The predicted molar refractivity (Wildman–Crippen MR) is 79.1 cm³/mol. The van der Waals surface area contributed by atoms with Crippen LogP contribution in [0.2, 0.25) is 5.02 Å². The molecule has 1 aliphatic heterocycles. The van der Waals surface area contributed by atoms with Crippen LogP contribution in [-0.2, 0) is 17.5 Å². The van der Waals surface area contributed by atoms with Gasteiger partial charge < -0.3 is 5.11 Å². The number of alkyl halides is 3. The maximum absolute atomic E-state index is 12.8. The molecular formula is C16H17ClF3NO2. The Bertz CT molecular complexity index is 634. The van der Waals surface area contributed by atoms with Gasteiger partial charge in [0.15, 0.2) is 0 Å². The molecule has 0 radical (unpaired) electrons. The summed E-state index contributed by atoms with van der Waals surface area (Å²) in [5.74, 6) is -0.720. The van der Waals surface area contributed by atoms with Crippen molar-refractivity contribution in [3.8, 4) is 0 Å². The molecule has 0 spiro atoms. The van der Waals surface area contributed by atoms with Crippen molar-refractivity contribution < 1.29 is 23.1 Å². The molecule has 1 heterocycles. The van der Waals surface area contributed by atoms with Crippen LogP contribution in [0.1, 0.15) is 30.4 Å². The highest BCUT2D eigenvalue weighted by molar-refractivity contribution is 6.31. The van der Waals surface area contributed by atoms with Gasteiger partial charge >= 0.3 is 12.1 Å². The van der Waals surface area contributed by atoms with Crippen LogP contribution in [-0.4, -0.2) is 29.1 Å². The van der Waals surface area contributed by atoms with Crippen LogP contribution in [0, 0.1) is 11.3 Å². The van der Waals surface area contributed by atoms with Crippen molar-refractivity contribution in [1.29, 1.82) is 0 Å². The van der Waals surface area contributed by atoms with Crippen LogP contribution in [0.25, 0.3) is 0 Å². The summed E-state index contributed by atoms with van der Waals surface area (Å²) >= 11 is 6.03. The van der Waals surface area contributed by atoms with E-state index in [1.807, 2.05) is 4.90 Å². The van der Waals surface area contributed by atoms with Crippen molar-refractivity contribution >= 4 is 17.6 Å². The zero-order valence-corrected chi connectivity index (χ0v) is 13.1. The second-order valence-corrected chi connectivity index (χ2v) is 6.93. The molecule has 126 valence electrons. The lowest BCUT2D eigenvalue weighted by atomic mass is 9.81. The van der Waals surface area contributed by atoms with Crippen LogP contribution in [0.15, 0.2) is 18.2 Å². The van der Waals surface area contributed by atoms with Gasteiger partial charge in [-0.2, -0.15) is 13.2 Å². The number of halogens is 4. The second-order valence-electron chi connectivity index (χ2n) is 6.52. The second kappa shape index (κ2) is 5.67. The third-order valence-corrected chi connectivity index (χ3v) is 5.50. The molecule has 1 N–H and O–H groups in total. The molecule has 2 atom stereocenters. The fourth-order valence-corrected chi connectivity index (χ4v) is 4.15. The first-order chi connectivity index (χ1) is 10.7. The molecule has 23 heavy (non-hydrogen) atoms. The van der Waals surface area contributed by atoms with Crippen molar-refractivity contribution in [3.63, 3.8) is 0 Å². The largest absolute Gasteiger partial charge is 0.481 e. The van der Waals surface area contributed by atoms with Gasteiger partial charge in [-0.1, -0.05) is 18.0 Å². The molecule has 7 heteroatoms. The van der Waals surface area contributed by atoms with Gasteiger partial charge in [-0.25, -0.2) is 0 Å². The summed E-state index contributed by atoms with van der Waals surface area (Å²) in [6, 6.07) is 3.27. The summed E-state index contributed by atoms with van der Waals surface area (Å²) in [4.78, 5) is 13.6. The molecule has 0 aromatic heterocycles. The van der Waals surface area contributed by atoms with Gasteiger partial charge in [0, 0.05) is 24.7 Å². The molecule has 0 unspecified atom stereocenters. The van der Waals surface area contributed by atoms with Crippen molar-refractivity contribution in [2.24, 2.45) is 11.3 Å². The number of hydrogen-bond donors (Lipinski definition) is 1. The Morgan fingerprint density at radius 3 is 2.78 bits per heavy atom. The minimum atomic E-state index is -4.41. The summed E-state index contributed by atoms with van der Waals surface area (Å²) < 4.78 is 38.5. The van der Waals surface area contributed by atoms with Gasteiger partial charge in [-0.15, -0.1) is 0 Å². The minimum Gasteiger partial charge on any atom is -0.481 e. The number of nitrogens with zero attached hydrogens (tertiary/aromatic N) is 1. The Morgan fingerprint density at radius 2 is 2.17 bits per heavy atom. The van der Waals surface area contributed by atoms with E-state index >= 15 is 0 Å². The number of fused-ring (bicyclic) bond motifs is 1. The van der Waals surface area contributed by atoms with Crippen LogP contribution < -0.4 is 0 Å². The highest BCUT2D eigenvalue weighted by Gasteiger charge is 2.54. The molecule has 1 aromatic rings. The number of carbonyl (C=O) groups is 1. The molecule has 3 rings (SSSR count). The molecule has 0 bridgehead atoms. The molecule has 1 saturated heterocycles. The maximum Gasteiger partial charge on any atom is 0.416 e. The molecule has 1 aromatic carbocycles. The zero-order chi connectivity index (χ0) is 16.8. The summed E-state index contributed by atoms with van der Waals surface area (Å²) in [6.45, 7) is 1.22. The molecule has 1 saturated carbocycles. The van der Waals surface area contributed by atoms with Gasteiger partial charge in [-0.05, 0) is 42.5 Å². The van der Waals surface area contributed by atoms with Gasteiger partial charge in [0.2, 0.25) is 0 Å². The van der Waals surface area contributed by atoms with Crippen molar-refractivity contribution in [2.75, 3.05) is 13.1 Å². The number of aliphatic carboxylic acids is 1. The monoisotopic (exact) mass is 347 g/mol. The van der Waals surface area contributed by atoms with E-state index in [9.17, 15) is 23.1 Å². The van der Waals surface area contributed by atoms with Crippen molar-refractivity contribution in [2.45, 2.75) is 32.0 Å². The maximum atomic E-state index is 12.8. The molecular weight excluding hydrogens is 331 g/mol. The van der Waals surface area contributed by atoms with E-state index in [0.717, 1.165) is 25.0 Å². The average molecular weight is 348 g/mol. The topological polar surface area (TPSA) is 40.5 Å². The number of rotatable bonds is 3. The van der Waals surface area contributed by atoms with E-state index in [0.29, 0.717) is 25.1 Å². The average Bonchev–Trinajstić information content (AvgIpc) is 2.97. The van der Waals surface area contributed by atoms with Gasteiger partial charge in [-0.3, -0.25) is 9.69 Å². The molecule has 0 amide bonds. The van der Waals surface area contributed by atoms with Gasteiger partial charge in [0.1, 0.15) is 0 Å². The number of benzene rings is 1. The van der Waals surface area contributed by atoms with E-state index in [1.165, 1.54) is 6.07 Å². The Labute approximate surface area is 137 Å². The molecule has 3 nitrogen and oxygen atoms in total. The van der Waals surface area contributed by atoms with Crippen LogP contribution in [0.3, 0.4) is 0 Å². The third kappa shape index (κ3) is 2.94. The summed E-state index contributed by atoms with van der Waals surface area (Å²) in [7, 11) is 0. The normalized spacial score (nSPS) is 28.1. The van der Waals surface area contributed by atoms with E-state index < -0.39 is 23.1 Å². The lowest BCUT2D eigenvalue weighted by Gasteiger charge is -2.23. The summed E-state index contributed by atoms with van der Waals surface area (Å²) in [6.07, 6.45) is -2.02. The Morgan fingerprint density at radius 1 is 1.43 bits per heavy atom. The smallest absolute Gasteiger partial charge is 0.416 e. The van der Waals surface area contributed by atoms with E-state index in [-0.39, 0.29) is 17.5 Å². The SMILES string of the molecule is O=C(O)[C@@]12CCC[C@H]1CN(Cc1cc(C(F)(F)F)ccc1Cl)C2. The predicted octanol–water partition coefficient (Wildman–Crippen LogP) is 4.05. The standard InChI is InChI=1S/C16H17ClF3NO2/c17-13-4-3-11(16(18,19)20)6-10(13)7-21-8-12-2-1-5-15(12,9-21)14(22)23/h3-4,6,12H,1-2,5,7-9H2,(H,22,23)/t12-,15+/m0/s1. The molecule has 1 aliphatic carbocycles. The highest BCUT2D eigenvalue weighted by Crippen LogP contribution is 2.49. The first-order valence-corrected chi connectivity index (χ1v) is 7.91. The quantitative estimate of drug-likeness (QED) is 0.897. The number of carboxylic acids is 1. The Hall–Kier alpha value is -1.27. The number of likely N-dealkylation sites (tertiary alicyclic amines) is 1. The number of carboxylic acid groups (broad SMARTS) is 1. The molecule has 2 fully saturated rings. The molecule has 2 aliphatic rings. The summed E-state index contributed by atoms with van der Waals surface area (Å²) in [5, 5.41) is 9.84. The van der Waals surface area contributed by atoms with Crippen molar-refractivity contribution in [1.82, 2.24) is 4.90 Å². The van der Waals surface area contributed by atoms with Gasteiger partial charge in [0.05, 0.1) is 11.0 Å². The van der Waals surface area contributed by atoms with E-state index in [1.54, 1.807) is 0 Å². The highest BCUT2D eigenvalue weighted by atomic mass is 35.5. The lowest BCUT2D eigenvalue weighted by Crippen LogP contribution is -2.35. The van der Waals surface area contributed by atoms with Crippen LogP contribution in [0.4, 0.5) is 13.2 Å². The fraction of sp³-hybridized carbons (Fsp3) is 0.562. The van der Waals surface area contributed by atoms with Gasteiger partial charge in [0.25, 0.3) is 0 Å².